The molecule has 6 heteroatoms. The van der Waals surface area contributed by atoms with Crippen molar-refractivity contribution in [3.05, 3.63) is 217 Å². The van der Waals surface area contributed by atoms with Crippen molar-refractivity contribution in [2.45, 2.75) is 0 Å². The van der Waals surface area contributed by atoms with Crippen LogP contribution in [0.15, 0.2) is 206 Å². The van der Waals surface area contributed by atoms with Crippen LogP contribution in [0.4, 0.5) is 34.1 Å². The van der Waals surface area contributed by atoms with Crippen LogP contribution in [0, 0.1) is 22.7 Å². The Morgan fingerprint density at radius 3 is 0.871 bits per heavy atom. The van der Waals surface area contributed by atoms with Gasteiger partial charge in [0.2, 0.25) is 0 Å². The molecule has 0 saturated carbocycles. The predicted molar refractivity (Wildman–Crippen MR) is 247 cm³/mol. The van der Waals surface area contributed by atoms with Gasteiger partial charge in [-0.25, -0.2) is 0 Å². The summed E-state index contributed by atoms with van der Waals surface area (Å²) in [5, 5.41) is 22.2. The van der Waals surface area contributed by atoms with Gasteiger partial charge in [0.1, 0.15) is 12.1 Å². The largest absolute Gasteiger partial charge is 0.453 e. The van der Waals surface area contributed by atoms with Crippen LogP contribution in [0.3, 0.4) is 0 Å². The molecule has 0 amide bonds. The van der Waals surface area contributed by atoms with Crippen LogP contribution in [0.5, 0.6) is 23.0 Å². The Morgan fingerprint density at radius 1 is 0.290 bits per heavy atom. The number of fused-ring (bicyclic) bond motifs is 4. The van der Waals surface area contributed by atoms with E-state index in [0.717, 1.165) is 90.5 Å². The summed E-state index contributed by atoms with van der Waals surface area (Å²) < 4.78 is 12.7. The first kappa shape index (κ1) is 36.3. The summed E-state index contributed by atoms with van der Waals surface area (Å²) in [6.07, 6.45) is 0. The Bertz CT molecular complexity index is 2950. The molecule has 0 bridgehead atoms. The molecule has 0 aromatic heterocycles. The van der Waals surface area contributed by atoms with Gasteiger partial charge in [-0.1, -0.05) is 133 Å². The van der Waals surface area contributed by atoms with E-state index in [1.54, 1.807) is 0 Å². The van der Waals surface area contributed by atoms with E-state index in [-0.39, 0.29) is 0 Å². The lowest BCUT2D eigenvalue weighted by atomic mass is 9.77. The molecule has 62 heavy (non-hydrogen) atoms. The number of ether oxygens (including phenoxy) is 2. The van der Waals surface area contributed by atoms with E-state index in [0.29, 0.717) is 22.3 Å². The van der Waals surface area contributed by atoms with Crippen molar-refractivity contribution in [2.75, 3.05) is 9.80 Å². The van der Waals surface area contributed by atoms with Crippen molar-refractivity contribution in [1.29, 1.82) is 10.5 Å². The summed E-state index contributed by atoms with van der Waals surface area (Å²) in [6, 6.07) is 74.0. The highest BCUT2D eigenvalue weighted by atomic mass is 16.5. The normalized spacial score (nSPS) is 12.0. The zero-order chi connectivity index (χ0) is 41.6. The number of rotatable bonds is 6. The van der Waals surface area contributed by atoms with Gasteiger partial charge in [0.25, 0.3) is 0 Å². The SMILES string of the molecule is N#Cc1c(C#N)c(-c2ccccc2)c(-c2ccc(N3c4ccccc4Oc4ccccc43)cc2)c(-c2ccc(N3c4ccccc4Oc4ccccc43)cc2)c1-c1ccccc1. The Hall–Kier alpha value is -8.84. The second kappa shape index (κ2) is 15.1. The van der Waals surface area contributed by atoms with E-state index < -0.39 is 0 Å². The molecule has 9 aromatic rings. The molecule has 0 aliphatic carbocycles. The second-order valence-electron chi connectivity index (χ2n) is 15.0. The molecule has 0 unspecified atom stereocenters. The third kappa shape index (κ3) is 5.94. The van der Waals surface area contributed by atoms with E-state index >= 15 is 0 Å². The summed E-state index contributed by atoms with van der Waals surface area (Å²) in [6.45, 7) is 0. The Labute approximate surface area is 359 Å². The van der Waals surface area contributed by atoms with E-state index in [1.807, 2.05) is 133 Å². The highest BCUT2D eigenvalue weighted by Crippen LogP contribution is 2.54. The molecule has 290 valence electrons. The smallest absolute Gasteiger partial charge is 0.151 e. The average Bonchev–Trinajstić information content (AvgIpc) is 3.34. The van der Waals surface area contributed by atoms with Crippen LogP contribution in [-0.4, -0.2) is 0 Å². The first-order valence-electron chi connectivity index (χ1n) is 20.4. The quantitative estimate of drug-likeness (QED) is 0.167. The molecular weight excluding hydrogens is 761 g/mol. The Morgan fingerprint density at radius 2 is 0.565 bits per heavy atom. The molecule has 2 heterocycles. The summed E-state index contributed by atoms with van der Waals surface area (Å²) in [7, 11) is 0. The van der Waals surface area contributed by atoms with Gasteiger partial charge >= 0.3 is 0 Å². The van der Waals surface area contributed by atoms with Gasteiger partial charge in [-0.15, -0.1) is 0 Å². The highest BCUT2D eigenvalue weighted by Gasteiger charge is 2.30. The molecule has 0 spiro atoms. The first-order valence-corrected chi connectivity index (χ1v) is 20.4. The van der Waals surface area contributed by atoms with Crippen LogP contribution in [0.2, 0.25) is 0 Å². The number of anilines is 6. The van der Waals surface area contributed by atoms with Crippen molar-refractivity contribution in [3.8, 4) is 79.6 Å². The maximum atomic E-state index is 11.1. The van der Waals surface area contributed by atoms with Gasteiger partial charge in [-0.3, -0.25) is 0 Å². The maximum Gasteiger partial charge on any atom is 0.151 e. The third-order valence-corrected chi connectivity index (χ3v) is 11.5. The number of hydrogen-bond acceptors (Lipinski definition) is 6. The fourth-order valence-corrected chi connectivity index (χ4v) is 8.86. The van der Waals surface area contributed by atoms with Gasteiger partial charge in [0, 0.05) is 22.5 Å². The number of nitrogens with zero attached hydrogens (tertiary/aromatic N) is 4. The maximum absolute atomic E-state index is 11.1. The molecule has 0 saturated heterocycles. The fourth-order valence-electron chi connectivity index (χ4n) is 8.86. The van der Waals surface area contributed by atoms with E-state index in [1.165, 1.54) is 0 Å². The summed E-state index contributed by atoms with van der Waals surface area (Å²) >= 11 is 0. The standard InChI is InChI=1S/C56H34N4O2/c57-35-43-44(36-58)54(38-17-5-2-6-18-38)56(40-29-33-42(34-30-40)60-47-21-9-13-25-51(47)62-52-26-14-10-22-48(52)60)55(53(43)37-15-3-1-4-16-37)39-27-31-41(32-28-39)59-45-19-7-11-23-49(45)61-50-24-12-8-20-46(50)59/h1-34H. The number of para-hydroxylation sites is 8. The number of hydrogen-bond donors (Lipinski definition) is 0. The predicted octanol–water partition coefficient (Wildman–Crippen LogP) is 15.2. The van der Waals surface area contributed by atoms with Gasteiger partial charge in [0.05, 0.1) is 33.9 Å². The first-order chi connectivity index (χ1) is 30.7. The van der Waals surface area contributed by atoms with Crippen molar-refractivity contribution in [1.82, 2.24) is 0 Å². The average molecular weight is 795 g/mol. The van der Waals surface area contributed by atoms with E-state index in [9.17, 15) is 10.5 Å². The van der Waals surface area contributed by atoms with Crippen molar-refractivity contribution < 1.29 is 9.47 Å². The molecule has 11 rings (SSSR count). The molecular formula is C56H34N4O2. The molecule has 0 N–H and O–H groups in total. The van der Waals surface area contributed by atoms with Crippen LogP contribution in [0.25, 0.3) is 44.5 Å². The van der Waals surface area contributed by atoms with E-state index in [4.69, 9.17) is 9.47 Å². The van der Waals surface area contributed by atoms with E-state index in [2.05, 4.69) is 94.7 Å². The number of nitriles is 2. The highest BCUT2D eigenvalue weighted by molar-refractivity contribution is 6.07. The molecule has 0 atom stereocenters. The van der Waals surface area contributed by atoms with Gasteiger partial charge < -0.3 is 19.3 Å². The third-order valence-electron chi connectivity index (χ3n) is 11.5. The minimum atomic E-state index is 0.328. The number of benzene rings is 9. The molecule has 2 aliphatic heterocycles. The molecule has 0 fully saturated rings. The minimum Gasteiger partial charge on any atom is -0.453 e. The summed E-state index contributed by atoms with van der Waals surface area (Å²) in [5.41, 5.74) is 12.9. The fraction of sp³-hybridized carbons (Fsp3) is 0. The van der Waals surface area contributed by atoms with Crippen LogP contribution in [-0.2, 0) is 0 Å². The zero-order valence-corrected chi connectivity index (χ0v) is 33.2. The lowest BCUT2D eigenvalue weighted by molar-refractivity contribution is 0.477. The van der Waals surface area contributed by atoms with Crippen molar-refractivity contribution in [2.24, 2.45) is 0 Å². The van der Waals surface area contributed by atoms with Crippen molar-refractivity contribution >= 4 is 34.1 Å². The van der Waals surface area contributed by atoms with Gasteiger partial charge in [0.15, 0.2) is 23.0 Å². The lowest BCUT2D eigenvalue weighted by Gasteiger charge is -2.33. The van der Waals surface area contributed by atoms with Crippen LogP contribution >= 0.6 is 0 Å². The van der Waals surface area contributed by atoms with Gasteiger partial charge in [-0.2, -0.15) is 10.5 Å². The van der Waals surface area contributed by atoms with Gasteiger partial charge in [-0.05, 0) is 106 Å². The minimum absolute atomic E-state index is 0.328. The second-order valence-corrected chi connectivity index (χ2v) is 15.0. The lowest BCUT2D eigenvalue weighted by Crippen LogP contribution is -2.15. The topological polar surface area (TPSA) is 72.5 Å². The molecule has 0 radical (unpaired) electrons. The molecule has 2 aliphatic rings. The summed E-state index contributed by atoms with van der Waals surface area (Å²) in [5.74, 6) is 3.09. The zero-order valence-electron chi connectivity index (χ0n) is 33.2. The summed E-state index contributed by atoms with van der Waals surface area (Å²) in [4.78, 5) is 4.43. The monoisotopic (exact) mass is 794 g/mol. The molecule has 6 nitrogen and oxygen atoms in total. The Kier molecular flexibility index (Phi) is 8.82. The molecule has 9 aromatic carbocycles. The van der Waals surface area contributed by atoms with Crippen LogP contribution in [0.1, 0.15) is 11.1 Å². The van der Waals surface area contributed by atoms with Crippen LogP contribution < -0.4 is 19.3 Å². The Balaban J connectivity index is 1.16. The van der Waals surface area contributed by atoms with Crippen molar-refractivity contribution in [3.63, 3.8) is 0 Å².